The Balaban J connectivity index is 1.33. The lowest BCUT2D eigenvalue weighted by molar-refractivity contribution is 0.0672. The van der Waals surface area contributed by atoms with Crippen molar-refractivity contribution < 1.29 is 18.0 Å². The van der Waals surface area contributed by atoms with Crippen LogP contribution in [0.5, 0.6) is 0 Å². The number of carbonyl (C=O) groups excluding carboxylic acids is 1. The molecule has 3 aromatic rings. The lowest BCUT2D eigenvalue weighted by Crippen LogP contribution is -2.42. The van der Waals surface area contributed by atoms with E-state index >= 15 is 0 Å². The van der Waals surface area contributed by atoms with E-state index in [0.717, 1.165) is 49.4 Å². The molecule has 0 saturated carbocycles. The molecule has 2 fully saturated rings. The van der Waals surface area contributed by atoms with E-state index in [9.17, 15) is 13.6 Å². The Hall–Kier alpha value is -3.03. The minimum absolute atomic E-state index is 0.0147. The molecule has 36 heavy (non-hydrogen) atoms. The van der Waals surface area contributed by atoms with E-state index < -0.39 is 0 Å². The summed E-state index contributed by atoms with van der Waals surface area (Å²) in [4.78, 5) is 17.9. The van der Waals surface area contributed by atoms with Gasteiger partial charge >= 0.3 is 0 Å². The van der Waals surface area contributed by atoms with Crippen molar-refractivity contribution in [2.75, 3.05) is 33.2 Å². The maximum atomic E-state index is 13.6. The van der Waals surface area contributed by atoms with Crippen molar-refractivity contribution in [1.82, 2.24) is 15.1 Å². The van der Waals surface area contributed by atoms with E-state index in [1.54, 1.807) is 6.07 Å². The minimum atomic E-state index is -0.258. The molecule has 2 aliphatic rings. The summed E-state index contributed by atoms with van der Waals surface area (Å²) in [6.45, 7) is 5.15. The van der Waals surface area contributed by atoms with Gasteiger partial charge < -0.3 is 19.5 Å². The Labute approximate surface area is 211 Å². The van der Waals surface area contributed by atoms with Crippen molar-refractivity contribution in [1.29, 1.82) is 0 Å². The number of nitrogens with one attached hydrogen (secondary N) is 1. The molecule has 0 spiro atoms. The molecule has 0 bridgehead atoms. The van der Waals surface area contributed by atoms with Gasteiger partial charge in [0.25, 0.3) is 5.91 Å². The van der Waals surface area contributed by atoms with Gasteiger partial charge in [0.1, 0.15) is 17.4 Å². The number of hydrogen-bond donors (Lipinski definition) is 1. The van der Waals surface area contributed by atoms with Gasteiger partial charge in [0.15, 0.2) is 5.76 Å². The second-order valence-corrected chi connectivity index (χ2v) is 10.1. The molecule has 2 aromatic carbocycles. The SMILES string of the molecule is CNC(C)c1ccc(C(=O)N2C[C@@H](c3ccc(F)cc3)C[C@H]2CN2CCC(c3ccc(F)cc3)C2)o1. The fourth-order valence-electron chi connectivity index (χ4n) is 5.60. The first kappa shape index (κ1) is 24.7. The van der Waals surface area contributed by atoms with Crippen LogP contribution < -0.4 is 5.32 Å². The van der Waals surface area contributed by atoms with Gasteiger partial charge in [-0.2, -0.15) is 0 Å². The molecule has 1 amide bonds. The third-order valence-electron chi connectivity index (χ3n) is 7.80. The molecule has 0 radical (unpaired) electrons. The van der Waals surface area contributed by atoms with E-state index in [1.165, 1.54) is 24.3 Å². The first-order valence-corrected chi connectivity index (χ1v) is 12.7. The molecule has 4 atom stereocenters. The van der Waals surface area contributed by atoms with Gasteiger partial charge in [0.2, 0.25) is 0 Å². The molecule has 1 aromatic heterocycles. The van der Waals surface area contributed by atoms with Gasteiger partial charge in [-0.05, 0) is 86.8 Å². The molecular weight excluding hydrogens is 460 g/mol. The molecule has 7 heteroatoms. The number of benzene rings is 2. The third kappa shape index (κ3) is 5.22. The van der Waals surface area contributed by atoms with Crippen LogP contribution in [0.25, 0.3) is 0 Å². The number of carbonyl (C=O) groups is 1. The summed E-state index contributed by atoms with van der Waals surface area (Å²) in [5, 5.41) is 3.14. The van der Waals surface area contributed by atoms with E-state index in [1.807, 2.05) is 49.2 Å². The topological polar surface area (TPSA) is 48.7 Å². The second kappa shape index (κ2) is 10.5. The quantitative estimate of drug-likeness (QED) is 0.484. The van der Waals surface area contributed by atoms with Crippen LogP contribution >= 0.6 is 0 Å². The Bertz CT molecular complexity index is 1180. The molecule has 2 unspecified atom stereocenters. The first-order chi connectivity index (χ1) is 17.4. The monoisotopic (exact) mass is 493 g/mol. The van der Waals surface area contributed by atoms with Gasteiger partial charge in [0, 0.05) is 31.6 Å². The molecule has 0 aliphatic carbocycles. The lowest BCUT2D eigenvalue weighted by atomic mass is 9.96. The van der Waals surface area contributed by atoms with Crippen molar-refractivity contribution in [3.63, 3.8) is 0 Å². The largest absolute Gasteiger partial charge is 0.454 e. The summed E-state index contributed by atoms with van der Waals surface area (Å²) in [5.74, 6) is 1.00. The fraction of sp³-hybridized carbons (Fsp3) is 0.414. The molecule has 5 rings (SSSR count). The van der Waals surface area contributed by atoms with Crippen LogP contribution in [0.4, 0.5) is 8.78 Å². The summed E-state index contributed by atoms with van der Waals surface area (Å²) in [6.07, 6.45) is 1.83. The van der Waals surface area contributed by atoms with Crippen molar-refractivity contribution in [2.24, 2.45) is 0 Å². The predicted molar refractivity (Wildman–Crippen MR) is 135 cm³/mol. The number of halogens is 2. The molecule has 3 heterocycles. The number of rotatable bonds is 7. The maximum absolute atomic E-state index is 13.6. The highest BCUT2D eigenvalue weighted by molar-refractivity contribution is 5.92. The zero-order chi connectivity index (χ0) is 25.2. The highest BCUT2D eigenvalue weighted by Crippen LogP contribution is 2.35. The van der Waals surface area contributed by atoms with Crippen LogP contribution in [0.2, 0.25) is 0 Å². The van der Waals surface area contributed by atoms with Crippen molar-refractivity contribution in [3.05, 3.63) is 94.9 Å². The Morgan fingerprint density at radius 3 is 2.25 bits per heavy atom. The average Bonchev–Trinajstić information content (AvgIpc) is 3.65. The number of furan rings is 1. The van der Waals surface area contributed by atoms with Gasteiger partial charge in [-0.15, -0.1) is 0 Å². The molecule has 190 valence electrons. The summed E-state index contributed by atoms with van der Waals surface area (Å²) in [5.41, 5.74) is 2.20. The average molecular weight is 494 g/mol. The number of amides is 1. The molecular formula is C29H33F2N3O2. The maximum Gasteiger partial charge on any atom is 0.289 e. The number of nitrogens with zero attached hydrogens (tertiary/aromatic N) is 2. The zero-order valence-electron chi connectivity index (χ0n) is 20.8. The van der Waals surface area contributed by atoms with Crippen molar-refractivity contribution in [2.45, 2.75) is 43.7 Å². The highest BCUT2D eigenvalue weighted by atomic mass is 19.1. The Morgan fingerprint density at radius 1 is 0.972 bits per heavy atom. The van der Waals surface area contributed by atoms with Crippen molar-refractivity contribution >= 4 is 5.91 Å². The number of hydrogen-bond acceptors (Lipinski definition) is 4. The third-order valence-corrected chi connectivity index (χ3v) is 7.80. The van der Waals surface area contributed by atoms with Gasteiger partial charge in [-0.3, -0.25) is 4.79 Å². The van der Waals surface area contributed by atoms with Gasteiger partial charge in [-0.25, -0.2) is 8.78 Å². The van der Waals surface area contributed by atoms with Crippen LogP contribution in [0.3, 0.4) is 0 Å². The zero-order valence-corrected chi connectivity index (χ0v) is 20.8. The van der Waals surface area contributed by atoms with E-state index in [-0.39, 0.29) is 35.5 Å². The van der Waals surface area contributed by atoms with E-state index in [4.69, 9.17) is 4.42 Å². The summed E-state index contributed by atoms with van der Waals surface area (Å²) < 4.78 is 32.8. The van der Waals surface area contributed by atoms with Crippen LogP contribution in [-0.2, 0) is 0 Å². The number of likely N-dealkylation sites (tertiary alicyclic amines) is 2. The molecule has 1 N–H and O–H groups in total. The molecule has 2 saturated heterocycles. The van der Waals surface area contributed by atoms with E-state index in [2.05, 4.69) is 10.2 Å². The first-order valence-electron chi connectivity index (χ1n) is 12.7. The van der Waals surface area contributed by atoms with E-state index in [0.29, 0.717) is 18.2 Å². The summed E-state index contributed by atoms with van der Waals surface area (Å²) in [6, 6.07) is 17.1. The Kier molecular flexibility index (Phi) is 7.21. The smallest absolute Gasteiger partial charge is 0.289 e. The fourth-order valence-corrected chi connectivity index (χ4v) is 5.60. The Morgan fingerprint density at radius 2 is 1.61 bits per heavy atom. The van der Waals surface area contributed by atoms with Crippen LogP contribution in [0, 0.1) is 11.6 Å². The summed E-state index contributed by atoms with van der Waals surface area (Å²) in [7, 11) is 1.85. The van der Waals surface area contributed by atoms with Gasteiger partial charge in [0.05, 0.1) is 6.04 Å². The lowest BCUT2D eigenvalue weighted by Gasteiger charge is -2.28. The van der Waals surface area contributed by atoms with Crippen LogP contribution in [-0.4, -0.2) is 55.0 Å². The van der Waals surface area contributed by atoms with Crippen LogP contribution in [0.15, 0.2) is 65.1 Å². The second-order valence-electron chi connectivity index (χ2n) is 10.1. The molecule has 5 nitrogen and oxygen atoms in total. The summed E-state index contributed by atoms with van der Waals surface area (Å²) >= 11 is 0. The predicted octanol–water partition coefficient (Wildman–Crippen LogP) is 5.33. The normalized spacial score (nSPS) is 23.3. The molecule has 2 aliphatic heterocycles. The highest BCUT2D eigenvalue weighted by Gasteiger charge is 2.39. The van der Waals surface area contributed by atoms with Gasteiger partial charge in [-0.1, -0.05) is 24.3 Å². The standard InChI is InChI=1S/C29H33F2N3O2/c1-19(32-2)27-11-12-28(36-27)29(35)34-17-23(21-5-9-25(31)10-6-21)15-26(34)18-33-14-13-22(16-33)20-3-7-24(30)8-4-20/h3-12,19,22-23,26,32H,13-18H2,1-2H3/t19?,22?,23-,26-/m0/s1. The van der Waals surface area contributed by atoms with Crippen molar-refractivity contribution in [3.8, 4) is 0 Å². The minimum Gasteiger partial charge on any atom is -0.454 e. The van der Waals surface area contributed by atoms with Crippen LogP contribution in [0.1, 0.15) is 65.1 Å².